The number of hydrogen-bond acceptors (Lipinski definition) is 6. The van der Waals surface area contributed by atoms with Gasteiger partial charge in [-0.25, -0.2) is 4.39 Å². The number of anilines is 1. The molecule has 31 heavy (non-hydrogen) atoms. The fourth-order valence-corrected chi connectivity index (χ4v) is 5.03. The van der Waals surface area contributed by atoms with Gasteiger partial charge in [0.25, 0.3) is 5.91 Å². The van der Waals surface area contributed by atoms with Crippen molar-refractivity contribution in [2.24, 2.45) is 5.92 Å². The van der Waals surface area contributed by atoms with Crippen molar-refractivity contribution in [2.45, 2.75) is 23.5 Å². The van der Waals surface area contributed by atoms with Crippen molar-refractivity contribution in [3.63, 3.8) is 0 Å². The number of aromatic nitrogens is 2. The molecule has 1 aromatic heterocycles. The zero-order valence-electron chi connectivity index (χ0n) is 16.7. The van der Waals surface area contributed by atoms with Crippen molar-refractivity contribution >= 4 is 40.0 Å². The van der Waals surface area contributed by atoms with Crippen molar-refractivity contribution in [1.82, 2.24) is 15.1 Å². The van der Waals surface area contributed by atoms with Crippen LogP contribution in [0.1, 0.15) is 28.2 Å². The van der Waals surface area contributed by atoms with E-state index in [-0.39, 0.29) is 17.7 Å². The van der Waals surface area contributed by atoms with Gasteiger partial charge in [0.05, 0.1) is 5.75 Å². The predicted octanol–water partition coefficient (Wildman–Crippen LogP) is 4.46. The number of hydrogen-bond donors (Lipinski definition) is 1. The highest BCUT2D eigenvalue weighted by Crippen LogP contribution is 2.27. The Hall–Kier alpha value is -2.78. The van der Waals surface area contributed by atoms with Gasteiger partial charge in [-0.2, -0.15) is 0 Å². The molecule has 2 aromatic carbocycles. The van der Waals surface area contributed by atoms with Gasteiger partial charge in [0, 0.05) is 29.5 Å². The van der Waals surface area contributed by atoms with Crippen LogP contribution >= 0.6 is 23.1 Å². The lowest BCUT2D eigenvalue weighted by Crippen LogP contribution is -2.41. The highest BCUT2D eigenvalue weighted by Gasteiger charge is 2.28. The number of piperidine rings is 1. The number of benzene rings is 2. The average molecular weight is 457 g/mol. The lowest BCUT2D eigenvalue weighted by Gasteiger charge is -2.31. The molecule has 0 atom stereocenters. The molecule has 0 bridgehead atoms. The van der Waals surface area contributed by atoms with Gasteiger partial charge in [0.2, 0.25) is 11.0 Å². The molecule has 4 rings (SSSR count). The van der Waals surface area contributed by atoms with E-state index in [0.29, 0.717) is 42.4 Å². The van der Waals surface area contributed by atoms with E-state index in [2.05, 4.69) is 15.5 Å². The highest BCUT2D eigenvalue weighted by molar-refractivity contribution is 7.98. The van der Waals surface area contributed by atoms with Crippen molar-refractivity contribution in [1.29, 1.82) is 0 Å². The first-order valence-electron chi connectivity index (χ1n) is 9.94. The smallest absolute Gasteiger partial charge is 0.253 e. The topological polar surface area (TPSA) is 75.2 Å². The van der Waals surface area contributed by atoms with Gasteiger partial charge in [-0.05, 0) is 43.2 Å². The maximum absolute atomic E-state index is 13.4. The molecule has 2 heterocycles. The van der Waals surface area contributed by atoms with Crippen LogP contribution in [0.15, 0.2) is 59.5 Å². The zero-order chi connectivity index (χ0) is 21.6. The molecular weight excluding hydrogens is 435 g/mol. The summed E-state index contributed by atoms with van der Waals surface area (Å²) in [7, 11) is 0. The van der Waals surface area contributed by atoms with Gasteiger partial charge in [-0.3, -0.25) is 9.59 Å². The lowest BCUT2D eigenvalue weighted by atomic mass is 9.95. The van der Waals surface area contributed by atoms with Crippen LogP contribution < -0.4 is 5.32 Å². The van der Waals surface area contributed by atoms with E-state index in [4.69, 9.17) is 0 Å². The largest absolute Gasteiger partial charge is 0.339 e. The number of carbonyl (C=O) groups excluding carboxylic acids is 2. The van der Waals surface area contributed by atoms with Gasteiger partial charge in [-0.15, -0.1) is 22.0 Å². The molecular formula is C22H21FN4O2S2. The fourth-order valence-electron chi connectivity index (χ4n) is 3.38. The van der Waals surface area contributed by atoms with Gasteiger partial charge >= 0.3 is 0 Å². The van der Waals surface area contributed by atoms with Crippen molar-refractivity contribution in [3.8, 4) is 0 Å². The van der Waals surface area contributed by atoms with Gasteiger partial charge in [0.1, 0.15) is 10.8 Å². The second kappa shape index (κ2) is 10.0. The van der Waals surface area contributed by atoms with Crippen molar-refractivity contribution in [3.05, 3.63) is 71.0 Å². The summed E-state index contributed by atoms with van der Waals surface area (Å²) in [4.78, 5) is 28.0. The van der Waals surface area contributed by atoms with Gasteiger partial charge in [-0.1, -0.05) is 35.6 Å². The van der Waals surface area contributed by atoms with Gasteiger partial charge < -0.3 is 10.2 Å². The molecule has 0 unspecified atom stereocenters. The number of nitrogens with zero attached hydrogens (tertiary/aromatic N) is 3. The average Bonchev–Trinajstić information content (AvgIpc) is 3.25. The minimum Gasteiger partial charge on any atom is -0.339 e. The Kier molecular flexibility index (Phi) is 6.93. The van der Waals surface area contributed by atoms with Crippen LogP contribution in [-0.4, -0.2) is 40.0 Å². The van der Waals surface area contributed by atoms with Gasteiger partial charge in [0.15, 0.2) is 0 Å². The minimum atomic E-state index is -0.432. The first kappa shape index (κ1) is 21.5. The quantitative estimate of drug-likeness (QED) is 0.555. The molecule has 1 fully saturated rings. The third kappa shape index (κ3) is 5.68. The Bertz CT molecular complexity index is 1050. The Morgan fingerprint density at radius 1 is 1.10 bits per heavy atom. The molecule has 2 amide bonds. The van der Waals surface area contributed by atoms with Crippen LogP contribution in [0.2, 0.25) is 0 Å². The summed E-state index contributed by atoms with van der Waals surface area (Å²) in [5.74, 6) is -0.237. The monoisotopic (exact) mass is 456 g/mol. The maximum atomic E-state index is 13.4. The summed E-state index contributed by atoms with van der Waals surface area (Å²) in [6, 6.07) is 15.7. The van der Waals surface area contributed by atoms with E-state index in [1.807, 2.05) is 30.3 Å². The summed E-state index contributed by atoms with van der Waals surface area (Å²) >= 11 is 3.04. The number of amides is 2. The molecule has 1 N–H and O–H groups in total. The van der Waals surface area contributed by atoms with E-state index in [1.165, 1.54) is 29.5 Å². The number of likely N-dealkylation sites (tertiary alicyclic amines) is 1. The maximum Gasteiger partial charge on any atom is 0.253 e. The predicted molar refractivity (Wildman–Crippen MR) is 120 cm³/mol. The highest BCUT2D eigenvalue weighted by atomic mass is 32.2. The molecule has 0 spiro atoms. The normalized spacial score (nSPS) is 14.4. The van der Waals surface area contributed by atoms with E-state index in [1.54, 1.807) is 22.7 Å². The van der Waals surface area contributed by atoms with Crippen molar-refractivity contribution < 1.29 is 14.0 Å². The molecule has 1 aliphatic rings. The van der Waals surface area contributed by atoms with Crippen LogP contribution in [0.4, 0.5) is 9.52 Å². The Morgan fingerprint density at radius 2 is 1.87 bits per heavy atom. The molecule has 9 heteroatoms. The second-order valence-corrected chi connectivity index (χ2v) is 9.28. The first-order chi connectivity index (χ1) is 15.1. The van der Waals surface area contributed by atoms with Crippen LogP contribution in [0.25, 0.3) is 0 Å². The molecule has 1 saturated heterocycles. The van der Waals surface area contributed by atoms with E-state index in [0.717, 1.165) is 9.90 Å². The summed E-state index contributed by atoms with van der Waals surface area (Å²) in [6.07, 6.45) is 1.12. The van der Waals surface area contributed by atoms with Crippen LogP contribution in [0.5, 0.6) is 0 Å². The summed E-state index contributed by atoms with van der Waals surface area (Å²) in [5.41, 5.74) is 0.331. The third-order valence-electron chi connectivity index (χ3n) is 5.03. The second-order valence-electron chi connectivity index (χ2n) is 7.17. The first-order valence-corrected chi connectivity index (χ1v) is 11.7. The number of nitrogens with one attached hydrogen (secondary N) is 1. The summed E-state index contributed by atoms with van der Waals surface area (Å²) < 4.78 is 13.4. The molecule has 0 aliphatic carbocycles. The molecule has 0 radical (unpaired) electrons. The fraction of sp³-hybridized carbons (Fsp3) is 0.273. The summed E-state index contributed by atoms with van der Waals surface area (Å²) in [5, 5.41) is 12.4. The number of thioether (sulfide) groups is 1. The Balaban J connectivity index is 1.26. The number of halogens is 1. The minimum absolute atomic E-state index is 0.101. The zero-order valence-corrected chi connectivity index (χ0v) is 18.3. The number of carbonyl (C=O) groups is 2. The summed E-state index contributed by atoms with van der Waals surface area (Å²) in [6.45, 7) is 0.922. The van der Waals surface area contributed by atoms with E-state index < -0.39 is 5.82 Å². The number of rotatable bonds is 6. The van der Waals surface area contributed by atoms with Crippen LogP contribution in [0, 0.1) is 11.7 Å². The lowest BCUT2D eigenvalue weighted by molar-refractivity contribution is -0.121. The Morgan fingerprint density at radius 3 is 2.61 bits per heavy atom. The molecule has 160 valence electrons. The van der Waals surface area contributed by atoms with E-state index >= 15 is 0 Å². The molecule has 3 aromatic rings. The standard InChI is InChI=1S/C22H21FN4O2S2/c23-17-6-4-5-16(13-17)21(29)27-11-9-15(10-12-27)20(28)24-22-26-25-19(31-22)14-30-18-7-2-1-3-8-18/h1-8,13,15H,9-12,14H2,(H,24,26,28). The molecule has 1 aliphatic heterocycles. The SMILES string of the molecule is O=C(Nc1nnc(CSc2ccccc2)s1)C1CCN(C(=O)c2cccc(F)c2)CC1. The molecule has 6 nitrogen and oxygen atoms in total. The van der Waals surface area contributed by atoms with E-state index in [9.17, 15) is 14.0 Å². The third-order valence-corrected chi connectivity index (χ3v) is 7.07. The van der Waals surface area contributed by atoms with Crippen LogP contribution in [-0.2, 0) is 10.5 Å². The molecule has 0 saturated carbocycles. The Labute approximate surface area is 187 Å². The van der Waals surface area contributed by atoms with Crippen molar-refractivity contribution in [2.75, 3.05) is 18.4 Å². The van der Waals surface area contributed by atoms with Crippen LogP contribution in [0.3, 0.4) is 0 Å².